The van der Waals surface area contributed by atoms with E-state index in [2.05, 4.69) is 144 Å². The van der Waals surface area contributed by atoms with E-state index in [9.17, 15) is 0 Å². The van der Waals surface area contributed by atoms with Gasteiger partial charge in [0.15, 0.2) is 0 Å². The highest BCUT2D eigenvalue weighted by Crippen LogP contribution is 2.51. The summed E-state index contributed by atoms with van der Waals surface area (Å²) in [5.41, 5.74) is 11.9. The first-order valence-corrected chi connectivity index (χ1v) is 17.1. The summed E-state index contributed by atoms with van der Waals surface area (Å²) < 4.78 is 2.47. The van der Waals surface area contributed by atoms with E-state index < -0.39 is 0 Å². The van der Waals surface area contributed by atoms with Crippen molar-refractivity contribution in [2.75, 3.05) is 0 Å². The van der Waals surface area contributed by atoms with Gasteiger partial charge in [0.05, 0.1) is 5.69 Å². The molecule has 0 saturated carbocycles. The molecule has 9 rings (SSSR count). The van der Waals surface area contributed by atoms with Gasteiger partial charge in [0.25, 0.3) is 0 Å². The Labute approximate surface area is 288 Å². The molecule has 0 N–H and O–H groups in total. The van der Waals surface area contributed by atoms with Crippen LogP contribution in [0, 0.1) is 0 Å². The summed E-state index contributed by atoms with van der Waals surface area (Å²) in [5.74, 6) is 0. The van der Waals surface area contributed by atoms with Gasteiger partial charge in [-0.15, -0.1) is 21.5 Å². The maximum absolute atomic E-state index is 4.90. The van der Waals surface area contributed by atoms with Crippen LogP contribution in [0.15, 0.2) is 170 Å². The molecule has 3 heterocycles. The van der Waals surface area contributed by atoms with Crippen LogP contribution in [0.3, 0.4) is 0 Å². The molecular weight excluding hydrogens is 617 g/mol. The van der Waals surface area contributed by atoms with Crippen LogP contribution in [0.25, 0.3) is 87.3 Å². The van der Waals surface area contributed by atoms with Gasteiger partial charge in [-0.3, -0.25) is 4.98 Å². The average molecular weight is 645 g/mol. The molecule has 0 bridgehead atoms. The van der Waals surface area contributed by atoms with Gasteiger partial charge < -0.3 is 0 Å². The number of rotatable bonds is 6. The molecule has 0 spiro atoms. The van der Waals surface area contributed by atoms with Crippen molar-refractivity contribution in [3.05, 3.63) is 170 Å². The lowest BCUT2D eigenvalue weighted by atomic mass is 9.82. The fourth-order valence-corrected chi connectivity index (χ4v) is 7.99. The Morgan fingerprint density at radius 2 is 1.04 bits per heavy atom. The molecule has 49 heavy (non-hydrogen) atoms. The highest BCUT2D eigenvalue weighted by atomic mass is 32.1. The molecule has 9 aromatic rings. The maximum atomic E-state index is 4.90. The van der Waals surface area contributed by atoms with Crippen LogP contribution in [-0.4, -0.2) is 20.4 Å². The van der Waals surface area contributed by atoms with Gasteiger partial charge in [-0.05, 0) is 46.2 Å². The maximum Gasteiger partial charge on any atom is 0.105 e. The summed E-state index contributed by atoms with van der Waals surface area (Å²) in [6.07, 6.45) is 1.87. The lowest BCUT2D eigenvalue weighted by Gasteiger charge is -2.21. The molecule has 0 amide bonds. The van der Waals surface area contributed by atoms with Crippen LogP contribution < -0.4 is 0 Å². The second-order valence-electron chi connectivity index (χ2n) is 11.9. The molecule has 0 unspecified atom stereocenters. The molecule has 0 saturated heterocycles. The van der Waals surface area contributed by atoms with E-state index in [-0.39, 0.29) is 0 Å². The molecule has 3 aromatic heterocycles. The number of benzene rings is 6. The number of nitrogens with zero attached hydrogens (tertiary/aromatic N) is 4. The standard InChI is InChI=1S/C44H28N4S/c1-4-15-29(16-5-1)32-22-14-23-35(44-39(30-17-6-2-7-18-30)43(46-48-47-44)31-19-8-3-9-20-31)40(32)42-33(36-24-12-13-28-45-36)26-27-38-41(42)34-21-10-11-25-37(34)49-38/h1-28H. The number of hydrogen-bond acceptors (Lipinski definition) is 5. The van der Waals surface area contributed by atoms with E-state index in [4.69, 9.17) is 10.1 Å². The largest absolute Gasteiger partial charge is 0.256 e. The minimum Gasteiger partial charge on any atom is -0.256 e. The molecule has 0 aliphatic heterocycles. The average Bonchev–Trinajstić information content (AvgIpc) is 3.57. The summed E-state index contributed by atoms with van der Waals surface area (Å²) >= 11 is 1.82. The minimum atomic E-state index is 0.774. The first kappa shape index (κ1) is 28.9. The predicted molar refractivity (Wildman–Crippen MR) is 203 cm³/mol. The predicted octanol–water partition coefficient (Wildman–Crippen LogP) is 11.6. The van der Waals surface area contributed by atoms with Gasteiger partial charge >= 0.3 is 0 Å². The molecule has 4 nitrogen and oxygen atoms in total. The molecule has 5 heteroatoms. The van der Waals surface area contributed by atoms with Gasteiger partial charge in [0, 0.05) is 59.7 Å². The fraction of sp³-hybridized carbons (Fsp3) is 0. The summed E-state index contributed by atoms with van der Waals surface area (Å²) in [6, 6.07) is 57.1. The SMILES string of the molecule is c1ccc(-c2cccc(-c3nnnc(-c4ccccc4)c3-c3ccccc3)c2-c2c(-c3ccccn3)ccc3sc4ccccc4c23)cc1. The number of fused-ring (bicyclic) bond motifs is 3. The Balaban J connectivity index is 1.47. The van der Waals surface area contributed by atoms with Crippen molar-refractivity contribution >= 4 is 31.5 Å². The van der Waals surface area contributed by atoms with Gasteiger partial charge in [0.2, 0.25) is 0 Å². The molecule has 0 fully saturated rings. The Bertz CT molecular complexity index is 2580. The van der Waals surface area contributed by atoms with Crippen LogP contribution in [0.2, 0.25) is 0 Å². The van der Waals surface area contributed by atoms with Gasteiger partial charge in [0.1, 0.15) is 11.4 Å². The van der Waals surface area contributed by atoms with Crippen LogP contribution in [-0.2, 0) is 0 Å². The lowest BCUT2D eigenvalue weighted by Crippen LogP contribution is -2.02. The third kappa shape index (κ3) is 5.08. The van der Waals surface area contributed by atoms with Crippen LogP contribution in [0.4, 0.5) is 0 Å². The summed E-state index contributed by atoms with van der Waals surface area (Å²) in [7, 11) is 0. The van der Waals surface area contributed by atoms with Crippen molar-refractivity contribution in [2.45, 2.75) is 0 Å². The summed E-state index contributed by atoms with van der Waals surface area (Å²) in [5, 5.41) is 16.4. The molecule has 230 valence electrons. The third-order valence-corrected chi connectivity index (χ3v) is 10.1. The van der Waals surface area contributed by atoms with E-state index in [0.717, 1.165) is 67.2 Å². The van der Waals surface area contributed by atoms with Crippen molar-refractivity contribution in [2.24, 2.45) is 0 Å². The Hall–Kier alpha value is -6.30. The highest BCUT2D eigenvalue weighted by molar-refractivity contribution is 7.26. The molecule has 0 radical (unpaired) electrons. The van der Waals surface area contributed by atoms with Crippen LogP contribution in [0.5, 0.6) is 0 Å². The first-order chi connectivity index (χ1) is 24.3. The number of hydrogen-bond donors (Lipinski definition) is 0. The fourth-order valence-electron chi connectivity index (χ4n) is 6.88. The van der Waals surface area contributed by atoms with E-state index in [1.807, 2.05) is 47.9 Å². The van der Waals surface area contributed by atoms with Crippen molar-refractivity contribution in [3.8, 4) is 67.2 Å². The second kappa shape index (κ2) is 12.4. The number of pyridine rings is 1. The molecule has 0 aliphatic carbocycles. The Kier molecular flexibility index (Phi) is 7.30. The zero-order valence-corrected chi connectivity index (χ0v) is 27.2. The van der Waals surface area contributed by atoms with Crippen molar-refractivity contribution in [1.82, 2.24) is 20.4 Å². The van der Waals surface area contributed by atoms with E-state index in [1.54, 1.807) is 0 Å². The van der Waals surface area contributed by atoms with Crippen molar-refractivity contribution < 1.29 is 0 Å². The zero-order chi connectivity index (χ0) is 32.6. The molecule has 0 aliphatic rings. The minimum absolute atomic E-state index is 0.774. The summed E-state index contributed by atoms with van der Waals surface area (Å²) in [6.45, 7) is 0. The van der Waals surface area contributed by atoms with Crippen LogP contribution in [0.1, 0.15) is 0 Å². The van der Waals surface area contributed by atoms with Crippen molar-refractivity contribution in [1.29, 1.82) is 0 Å². The van der Waals surface area contributed by atoms with E-state index in [1.165, 1.54) is 20.2 Å². The Morgan fingerprint density at radius 1 is 0.388 bits per heavy atom. The third-order valence-electron chi connectivity index (χ3n) is 9.01. The molecule has 0 atom stereocenters. The second-order valence-corrected chi connectivity index (χ2v) is 12.9. The van der Waals surface area contributed by atoms with Crippen molar-refractivity contribution in [3.63, 3.8) is 0 Å². The summed E-state index contributed by atoms with van der Waals surface area (Å²) in [4.78, 5) is 4.90. The number of thiophene rings is 1. The van der Waals surface area contributed by atoms with Crippen LogP contribution >= 0.6 is 11.3 Å². The number of aromatic nitrogens is 4. The van der Waals surface area contributed by atoms with Gasteiger partial charge in [-0.2, -0.15) is 0 Å². The highest BCUT2D eigenvalue weighted by Gasteiger charge is 2.26. The molecular formula is C44H28N4S. The molecule has 6 aromatic carbocycles. The lowest BCUT2D eigenvalue weighted by molar-refractivity contribution is 0.879. The van der Waals surface area contributed by atoms with Gasteiger partial charge in [-0.1, -0.05) is 140 Å². The van der Waals surface area contributed by atoms with Gasteiger partial charge in [-0.25, -0.2) is 0 Å². The monoisotopic (exact) mass is 644 g/mol. The van der Waals surface area contributed by atoms with E-state index in [0.29, 0.717) is 0 Å². The van der Waals surface area contributed by atoms with E-state index >= 15 is 0 Å². The quantitative estimate of drug-likeness (QED) is 0.181. The topological polar surface area (TPSA) is 51.6 Å². The first-order valence-electron chi connectivity index (χ1n) is 16.2. The Morgan fingerprint density at radius 3 is 1.80 bits per heavy atom. The zero-order valence-electron chi connectivity index (χ0n) is 26.4. The smallest absolute Gasteiger partial charge is 0.105 e. The normalized spacial score (nSPS) is 11.3.